The van der Waals surface area contributed by atoms with Crippen molar-refractivity contribution in [1.82, 2.24) is 24.9 Å². The molecule has 1 amide bonds. The number of benzene rings is 1. The first kappa shape index (κ1) is 25.1. The van der Waals surface area contributed by atoms with Gasteiger partial charge in [-0.2, -0.15) is 5.10 Å². The third-order valence-electron chi connectivity index (χ3n) is 7.46. The second kappa shape index (κ2) is 9.09. The fraction of sp³-hybridized carbons (Fsp3) is 0.296. The van der Waals surface area contributed by atoms with Gasteiger partial charge in [-0.05, 0) is 55.5 Å². The summed E-state index contributed by atoms with van der Waals surface area (Å²) in [5, 5.41) is 16.6. The number of carbonyl (C=O) groups is 2. The quantitative estimate of drug-likeness (QED) is 0.366. The summed E-state index contributed by atoms with van der Waals surface area (Å²) in [7, 11) is 1.41. The lowest BCUT2D eigenvalue weighted by molar-refractivity contribution is -0.196. The number of ether oxygens (including phenoxy) is 1. The van der Waals surface area contributed by atoms with Crippen LogP contribution in [-0.2, 0) is 10.2 Å². The van der Waals surface area contributed by atoms with Gasteiger partial charge in [0.05, 0.1) is 23.8 Å². The Morgan fingerprint density at radius 1 is 1.32 bits per heavy atom. The van der Waals surface area contributed by atoms with Crippen molar-refractivity contribution in [1.29, 1.82) is 0 Å². The van der Waals surface area contributed by atoms with E-state index in [0.29, 0.717) is 41.9 Å². The molecule has 0 radical (unpaired) electrons. The van der Waals surface area contributed by atoms with E-state index in [0.717, 1.165) is 11.6 Å². The minimum absolute atomic E-state index is 0.0911. The predicted octanol–water partition coefficient (Wildman–Crippen LogP) is 3.31. The summed E-state index contributed by atoms with van der Waals surface area (Å²) >= 11 is 0. The largest absolute Gasteiger partial charge is 0.496 e. The summed E-state index contributed by atoms with van der Waals surface area (Å²) in [5.74, 6) is -0.565. The van der Waals surface area contributed by atoms with Crippen LogP contribution >= 0.6 is 0 Å². The lowest BCUT2D eigenvalue weighted by atomic mass is 9.35. The molecule has 6 rings (SSSR count). The second-order valence-electron chi connectivity index (χ2n) is 9.91. The van der Waals surface area contributed by atoms with Gasteiger partial charge >= 0.3 is 5.97 Å². The van der Waals surface area contributed by atoms with Crippen LogP contribution in [0.3, 0.4) is 0 Å². The Labute approximate surface area is 217 Å². The molecule has 11 heteroatoms. The van der Waals surface area contributed by atoms with Crippen molar-refractivity contribution in [2.24, 2.45) is 5.41 Å². The third kappa shape index (κ3) is 3.90. The summed E-state index contributed by atoms with van der Waals surface area (Å²) in [4.78, 5) is 33.2. The normalized spacial score (nSPS) is 22.4. The summed E-state index contributed by atoms with van der Waals surface area (Å²) in [6.07, 6.45) is 8.15. The topological polar surface area (TPSA) is 145 Å². The first-order chi connectivity index (χ1) is 18.1. The molecule has 0 aliphatic heterocycles. The number of anilines is 1. The third-order valence-corrected chi connectivity index (χ3v) is 7.46. The maximum Gasteiger partial charge on any atom is 0.309 e. The van der Waals surface area contributed by atoms with Crippen LogP contribution in [-0.4, -0.2) is 50.2 Å². The zero-order valence-corrected chi connectivity index (χ0v) is 21.0. The number of nitrogens with two attached hydrogens (primary N) is 1. The maximum atomic E-state index is 13.7. The highest BCUT2D eigenvalue weighted by atomic mass is 19.1. The Balaban J connectivity index is 1.39. The molecule has 10 nitrogen and oxygen atoms in total. The minimum Gasteiger partial charge on any atom is -0.496 e. The lowest BCUT2D eigenvalue weighted by Crippen LogP contribution is -2.68. The zero-order chi connectivity index (χ0) is 27.2. The number of carboxylic acid groups (broad SMARTS) is 1. The number of halogens is 1. The van der Waals surface area contributed by atoms with Gasteiger partial charge in [0.1, 0.15) is 29.2 Å². The Bertz CT molecular complexity index is 1540. The van der Waals surface area contributed by atoms with Gasteiger partial charge in [0, 0.05) is 12.0 Å². The van der Waals surface area contributed by atoms with Crippen molar-refractivity contribution in [3.63, 3.8) is 0 Å². The van der Waals surface area contributed by atoms with Gasteiger partial charge in [-0.1, -0.05) is 24.8 Å². The first-order valence-electron chi connectivity index (χ1n) is 12.0. The molecule has 0 atom stereocenters. The van der Waals surface area contributed by atoms with Crippen molar-refractivity contribution >= 4 is 28.8 Å². The number of nitrogen functional groups attached to an aromatic ring is 1. The molecule has 2 aromatic heterocycles. The first-order valence-corrected chi connectivity index (χ1v) is 12.0. The number of carbonyl (C=O) groups excluding carboxylic acids is 1. The number of carboxylic acids is 1. The number of amides is 1. The van der Waals surface area contributed by atoms with Crippen molar-refractivity contribution in [3.05, 3.63) is 77.8 Å². The van der Waals surface area contributed by atoms with Gasteiger partial charge in [-0.15, -0.1) is 0 Å². The van der Waals surface area contributed by atoms with Gasteiger partial charge in [0.2, 0.25) is 0 Å². The van der Waals surface area contributed by atoms with E-state index in [1.165, 1.54) is 25.6 Å². The highest BCUT2D eigenvalue weighted by molar-refractivity contribution is 5.97. The van der Waals surface area contributed by atoms with E-state index >= 15 is 0 Å². The van der Waals surface area contributed by atoms with Gasteiger partial charge in [0.15, 0.2) is 5.82 Å². The zero-order valence-electron chi connectivity index (χ0n) is 21.0. The van der Waals surface area contributed by atoms with E-state index in [-0.39, 0.29) is 29.1 Å². The number of rotatable bonds is 9. The predicted molar refractivity (Wildman–Crippen MR) is 138 cm³/mol. The summed E-state index contributed by atoms with van der Waals surface area (Å²) in [5.41, 5.74) is 7.94. The molecule has 3 aliphatic rings. The molecule has 3 saturated carbocycles. The Kier molecular flexibility index (Phi) is 6.01. The van der Waals surface area contributed by atoms with Crippen LogP contribution in [0.15, 0.2) is 54.9 Å². The SMILES string of the molecule is C=C/C(=C\C=C(/C)c1nc(C23CC(C(=O)O)(C2)C3)n2ncnc(N)c12)CNC(=O)c1cc(F)ccc1OC. The summed E-state index contributed by atoms with van der Waals surface area (Å²) in [6, 6.07) is 3.74. The van der Waals surface area contributed by atoms with E-state index < -0.39 is 23.1 Å². The molecule has 4 N–H and O–H groups in total. The number of aliphatic carboxylic acids is 1. The molecule has 2 bridgehead atoms. The van der Waals surface area contributed by atoms with Gasteiger partial charge in [-0.25, -0.2) is 18.9 Å². The van der Waals surface area contributed by atoms with E-state index in [1.807, 2.05) is 13.0 Å². The van der Waals surface area contributed by atoms with E-state index in [1.54, 1.807) is 16.7 Å². The number of aromatic nitrogens is 4. The number of fused-ring (bicyclic) bond motifs is 1. The molecule has 3 aromatic rings. The standard InChI is InChI=1S/C27H27FN6O4/c1-4-16(10-30-23(35)18-9-17(28)7-8-19(18)38-3)6-5-15(2)20-21-22(29)31-14-32-34(21)24(33-20)26-11-27(12-26,13-26)25(36)37/h4-9,14H,1,10-13H2,2-3H3,(H,30,35)(H,36,37)(H2,29,31,32)/b15-5+,16-6+. The molecule has 3 aliphatic carbocycles. The van der Waals surface area contributed by atoms with E-state index in [4.69, 9.17) is 15.5 Å². The lowest BCUT2D eigenvalue weighted by Gasteiger charge is -2.66. The Morgan fingerprint density at radius 3 is 2.71 bits per heavy atom. The molecular formula is C27H27FN6O4. The van der Waals surface area contributed by atoms with Gasteiger partial charge < -0.3 is 20.9 Å². The fourth-order valence-corrected chi connectivity index (χ4v) is 5.47. The highest BCUT2D eigenvalue weighted by Gasteiger charge is 2.74. The van der Waals surface area contributed by atoms with Crippen LogP contribution < -0.4 is 15.8 Å². The minimum atomic E-state index is -0.768. The number of allylic oxidation sites excluding steroid dienone is 3. The van der Waals surface area contributed by atoms with Crippen LogP contribution in [0, 0.1) is 11.2 Å². The van der Waals surface area contributed by atoms with Crippen molar-refractivity contribution in [2.75, 3.05) is 19.4 Å². The van der Waals surface area contributed by atoms with Crippen molar-refractivity contribution in [3.8, 4) is 5.75 Å². The molecule has 0 saturated heterocycles. The van der Waals surface area contributed by atoms with Crippen molar-refractivity contribution < 1.29 is 23.8 Å². The second-order valence-corrected chi connectivity index (χ2v) is 9.91. The summed E-state index contributed by atoms with van der Waals surface area (Å²) < 4.78 is 20.5. The highest BCUT2D eigenvalue weighted by Crippen LogP contribution is 2.73. The summed E-state index contributed by atoms with van der Waals surface area (Å²) in [6.45, 7) is 5.83. The van der Waals surface area contributed by atoms with Crippen LogP contribution in [0.25, 0.3) is 11.1 Å². The number of nitrogens with zero attached hydrogens (tertiary/aromatic N) is 4. The molecule has 2 heterocycles. The fourth-order valence-electron chi connectivity index (χ4n) is 5.47. The van der Waals surface area contributed by atoms with Crippen molar-refractivity contribution in [2.45, 2.75) is 31.6 Å². The Morgan fingerprint density at radius 2 is 2.05 bits per heavy atom. The van der Waals surface area contributed by atoms with Crippen LogP contribution in [0.1, 0.15) is 48.1 Å². The van der Waals surface area contributed by atoms with Crippen LogP contribution in [0.4, 0.5) is 10.2 Å². The van der Waals surface area contributed by atoms with Gasteiger partial charge in [0.25, 0.3) is 5.91 Å². The number of hydrogen-bond donors (Lipinski definition) is 3. The molecule has 0 unspecified atom stereocenters. The number of hydrogen-bond acceptors (Lipinski definition) is 7. The molecule has 3 fully saturated rings. The molecule has 38 heavy (non-hydrogen) atoms. The monoisotopic (exact) mass is 518 g/mol. The molecule has 0 spiro atoms. The smallest absolute Gasteiger partial charge is 0.309 e. The molecule has 196 valence electrons. The Hall–Kier alpha value is -4.54. The number of methoxy groups -OCH3 is 1. The van der Waals surface area contributed by atoms with Gasteiger partial charge in [-0.3, -0.25) is 9.59 Å². The van der Waals surface area contributed by atoms with Crippen LogP contribution in [0.2, 0.25) is 0 Å². The maximum absolute atomic E-state index is 13.7. The number of nitrogens with one attached hydrogen (secondary N) is 1. The number of imidazole rings is 1. The average molecular weight is 519 g/mol. The van der Waals surface area contributed by atoms with E-state index in [2.05, 4.69) is 22.0 Å². The van der Waals surface area contributed by atoms with Crippen LogP contribution in [0.5, 0.6) is 5.75 Å². The average Bonchev–Trinajstić information content (AvgIpc) is 3.23. The molecular weight excluding hydrogens is 491 g/mol. The molecule has 1 aromatic carbocycles. The van der Waals surface area contributed by atoms with E-state index in [9.17, 15) is 19.1 Å².